The van der Waals surface area contributed by atoms with Crippen molar-refractivity contribution in [2.45, 2.75) is 39.3 Å². The highest BCUT2D eigenvalue weighted by Crippen LogP contribution is 2.28. The molecule has 0 saturated carbocycles. The van der Waals surface area contributed by atoms with E-state index in [0.717, 1.165) is 10.0 Å². The van der Waals surface area contributed by atoms with Gasteiger partial charge in [-0.1, -0.05) is 30.3 Å². The summed E-state index contributed by atoms with van der Waals surface area (Å²) in [6.45, 7) is 7.52. The molecule has 1 aromatic carbocycles. The van der Waals surface area contributed by atoms with Crippen LogP contribution in [0.25, 0.3) is 0 Å². The Morgan fingerprint density at radius 3 is 2.35 bits per heavy atom. The van der Waals surface area contributed by atoms with Gasteiger partial charge in [0.25, 0.3) is 0 Å². The Bertz CT molecular complexity index is 651. The van der Waals surface area contributed by atoms with Gasteiger partial charge < -0.3 is 4.74 Å². The molecule has 1 amide bonds. The molecule has 0 fully saturated rings. The number of anilines is 1. The molecule has 0 unspecified atom stereocenters. The van der Waals surface area contributed by atoms with Gasteiger partial charge in [0.05, 0.1) is 6.04 Å². The number of nitrogens with zero attached hydrogens (tertiary/aromatic N) is 2. The molecule has 0 saturated heterocycles. The van der Waals surface area contributed by atoms with E-state index in [0.29, 0.717) is 5.82 Å². The highest BCUT2D eigenvalue weighted by molar-refractivity contribution is 9.10. The van der Waals surface area contributed by atoms with Crippen LogP contribution in [-0.2, 0) is 4.74 Å². The number of benzene rings is 1. The summed E-state index contributed by atoms with van der Waals surface area (Å²) >= 11 is 3.37. The molecule has 2 rings (SSSR count). The van der Waals surface area contributed by atoms with Crippen LogP contribution in [-0.4, -0.2) is 16.7 Å². The van der Waals surface area contributed by atoms with Crippen LogP contribution in [0.4, 0.5) is 10.6 Å². The minimum atomic E-state index is -0.568. The quantitative estimate of drug-likeness (QED) is 0.725. The molecule has 1 atom stereocenters. The van der Waals surface area contributed by atoms with Crippen molar-refractivity contribution < 1.29 is 9.53 Å². The standard InChI is InChI=1S/C18H21BrN2O2/c1-13(14-8-6-5-7-9-14)21(17(22)23-18(2,3)4)16-11-10-15(19)12-20-16/h5-13H,1-4H3/t13-/m0/s1. The van der Waals surface area contributed by atoms with E-state index in [1.165, 1.54) is 0 Å². The zero-order valence-electron chi connectivity index (χ0n) is 13.8. The molecule has 0 aliphatic rings. The maximum atomic E-state index is 12.7. The Morgan fingerprint density at radius 2 is 1.83 bits per heavy atom. The molecule has 23 heavy (non-hydrogen) atoms. The van der Waals surface area contributed by atoms with Crippen LogP contribution < -0.4 is 4.90 Å². The highest BCUT2D eigenvalue weighted by atomic mass is 79.9. The van der Waals surface area contributed by atoms with Crippen molar-refractivity contribution in [1.82, 2.24) is 4.98 Å². The summed E-state index contributed by atoms with van der Waals surface area (Å²) in [7, 11) is 0. The number of hydrogen-bond donors (Lipinski definition) is 0. The average Bonchev–Trinajstić information content (AvgIpc) is 2.48. The summed E-state index contributed by atoms with van der Waals surface area (Å²) < 4.78 is 6.42. The minimum absolute atomic E-state index is 0.195. The first-order valence-electron chi connectivity index (χ1n) is 7.46. The first-order chi connectivity index (χ1) is 10.8. The van der Waals surface area contributed by atoms with E-state index in [1.807, 2.05) is 64.1 Å². The fourth-order valence-corrected chi connectivity index (χ4v) is 2.39. The Kier molecular flexibility index (Phi) is 5.42. The Balaban J connectivity index is 2.38. The summed E-state index contributed by atoms with van der Waals surface area (Å²) in [5.74, 6) is 0.554. The molecule has 0 radical (unpaired) electrons. The fraction of sp³-hybridized carbons (Fsp3) is 0.333. The number of carbonyl (C=O) groups is 1. The zero-order chi connectivity index (χ0) is 17.0. The van der Waals surface area contributed by atoms with Gasteiger partial charge in [0.15, 0.2) is 0 Å². The van der Waals surface area contributed by atoms with E-state index in [4.69, 9.17) is 4.74 Å². The van der Waals surface area contributed by atoms with Gasteiger partial charge in [-0.25, -0.2) is 9.78 Å². The molecule has 1 aromatic heterocycles. The van der Waals surface area contributed by atoms with Crippen LogP contribution in [0.15, 0.2) is 53.1 Å². The van der Waals surface area contributed by atoms with E-state index in [-0.39, 0.29) is 6.04 Å². The molecule has 0 aliphatic carbocycles. The topological polar surface area (TPSA) is 42.4 Å². The first-order valence-corrected chi connectivity index (χ1v) is 8.26. The lowest BCUT2D eigenvalue weighted by Crippen LogP contribution is -2.39. The van der Waals surface area contributed by atoms with Crippen molar-refractivity contribution in [3.63, 3.8) is 0 Å². The van der Waals surface area contributed by atoms with Crippen LogP contribution in [0, 0.1) is 0 Å². The Morgan fingerprint density at radius 1 is 1.17 bits per heavy atom. The van der Waals surface area contributed by atoms with Crippen LogP contribution in [0.1, 0.15) is 39.3 Å². The molecular formula is C18H21BrN2O2. The predicted molar refractivity (Wildman–Crippen MR) is 95.5 cm³/mol. The second-order valence-corrected chi connectivity index (χ2v) is 7.19. The van der Waals surface area contributed by atoms with E-state index < -0.39 is 11.7 Å². The number of aromatic nitrogens is 1. The number of carbonyl (C=O) groups excluding carboxylic acids is 1. The number of hydrogen-bond acceptors (Lipinski definition) is 3. The van der Waals surface area contributed by atoms with Crippen LogP contribution >= 0.6 is 15.9 Å². The van der Waals surface area contributed by atoms with Gasteiger partial charge >= 0.3 is 6.09 Å². The molecule has 4 nitrogen and oxygen atoms in total. The van der Waals surface area contributed by atoms with Crippen LogP contribution in [0.5, 0.6) is 0 Å². The first kappa shape index (κ1) is 17.5. The van der Waals surface area contributed by atoms with E-state index in [1.54, 1.807) is 17.2 Å². The van der Waals surface area contributed by atoms with E-state index in [2.05, 4.69) is 20.9 Å². The summed E-state index contributed by atoms with van der Waals surface area (Å²) in [6.07, 6.45) is 1.26. The van der Waals surface area contributed by atoms with Gasteiger partial charge in [-0.2, -0.15) is 0 Å². The van der Waals surface area contributed by atoms with Crippen molar-refractivity contribution in [3.05, 3.63) is 58.7 Å². The monoisotopic (exact) mass is 376 g/mol. The van der Waals surface area contributed by atoms with Crippen molar-refractivity contribution in [3.8, 4) is 0 Å². The highest BCUT2D eigenvalue weighted by Gasteiger charge is 2.29. The molecule has 1 heterocycles. The van der Waals surface area contributed by atoms with Crippen LogP contribution in [0.2, 0.25) is 0 Å². The normalized spacial score (nSPS) is 12.6. The van der Waals surface area contributed by atoms with E-state index in [9.17, 15) is 4.79 Å². The van der Waals surface area contributed by atoms with Crippen molar-refractivity contribution >= 4 is 27.8 Å². The third-order valence-corrected chi connectivity index (χ3v) is 3.69. The largest absolute Gasteiger partial charge is 0.443 e. The lowest BCUT2D eigenvalue weighted by atomic mass is 10.1. The van der Waals surface area contributed by atoms with Crippen LogP contribution in [0.3, 0.4) is 0 Å². The SMILES string of the molecule is C[C@@H](c1ccccc1)N(C(=O)OC(C)(C)C)c1ccc(Br)cn1. The number of ether oxygens (including phenoxy) is 1. The number of pyridine rings is 1. The predicted octanol–water partition coefficient (Wildman–Crippen LogP) is 5.35. The summed E-state index contributed by atoms with van der Waals surface area (Å²) in [4.78, 5) is 18.6. The smallest absolute Gasteiger partial charge is 0.416 e. The molecular weight excluding hydrogens is 356 g/mol. The number of amides is 1. The Hall–Kier alpha value is -1.88. The third kappa shape index (κ3) is 4.79. The lowest BCUT2D eigenvalue weighted by molar-refractivity contribution is 0.0566. The maximum Gasteiger partial charge on any atom is 0.416 e. The molecule has 0 aliphatic heterocycles. The average molecular weight is 377 g/mol. The summed E-state index contributed by atoms with van der Waals surface area (Å²) in [6, 6.07) is 13.3. The third-order valence-electron chi connectivity index (χ3n) is 3.22. The van der Waals surface area contributed by atoms with Gasteiger partial charge in [-0.3, -0.25) is 4.90 Å². The molecule has 5 heteroatoms. The summed E-state index contributed by atoms with van der Waals surface area (Å²) in [5, 5.41) is 0. The lowest BCUT2D eigenvalue weighted by Gasteiger charge is -2.31. The van der Waals surface area contributed by atoms with Crippen molar-refractivity contribution in [1.29, 1.82) is 0 Å². The second-order valence-electron chi connectivity index (χ2n) is 6.27. The van der Waals surface area contributed by atoms with Gasteiger partial charge in [-0.15, -0.1) is 0 Å². The van der Waals surface area contributed by atoms with Crippen molar-refractivity contribution in [2.75, 3.05) is 4.90 Å². The maximum absolute atomic E-state index is 12.7. The zero-order valence-corrected chi connectivity index (χ0v) is 15.4. The van der Waals surface area contributed by atoms with Gasteiger partial charge in [0, 0.05) is 10.7 Å². The van der Waals surface area contributed by atoms with Gasteiger partial charge in [-0.05, 0) is 61.3 Å². The number of rotatable bonds is 3. The number of halogens is 1. The second kappa shape index (κ2) is 7.13. The van der Waals surface area contributed by atoms with Crippen molar-refractivity contribution in [2.24, 2.45) is 0 Å². The fourth-order valence-electron chi connectivity index (χ4n) is 2.15. The Labute approximate surface area is 145 Å². The summed E-state index contributed by atoms with van der Waals surface area (Å²) in [5.41, 5.74) is 0.448. The van der Waals surface area contributed by atoms with E-state index >= 15 is 0 Å². The molecule has 0 bridgehead atoms. The molecule has 0 spiro atoms. The minimum Gasteiger partial charge on any atom is -0.443 e. The molecule has 0 N–H and O–H groups in total. The van der Waals surface area contributed by atoms with Gasteiger partial charge in [0.1, 0.15) is 11.4 Å². The molecule has 122 valence electrons. The van der Waals surface area contributed by atoms with Gasteiger partial charge in [0.2, 0.25) is 0 Å². The molecule has 2 aromatic rings.